The largest absolute Gasteiger partial charge is 0.444 e. The molecule has 0 aromatic rings. The Balaban J connectivity index is 2.23. The SMILES string of the molecule is CC(C)(C)OC(=O)N1CCC(C(N)=C2C(=N)NC(=O)CC2(O)C(F)(F)F)CC1. The number of amidine groups is 1. The first-order chi connectivity index (χ1) is 12.7. The first-order valence-corrected chi connectivity index (χ1v) is 8.81. The second-order valence-electron chi connectivity index (χ2n) is 8.03. The number of amides is 2. The van der Waals surface area contributed by atoms with Gasteiger partial charge in [-0.25, -0.2) is 4.79 Å². The molecule has 0 bridgehead atoms. The number of carbonyl (C=O) groups is 2. The Bertz CT molecular complexity index is 706. The predicted molar refractivity (Wildman–Crippen MR) is 93.2 cm³/mol. The van der Waals surface area contributed by atoms with Gasteiger partial charge in [-0.1, -0.05) is 0 Å². The minimum Gasteiger partial charge on any atom is -0.444 e. The summed E-state index contributed by atoms with van der Waals surface area (Å²) < 4.78 is 45.7. The number of nitrogens with zero attached hydrogens (tertiary/aromatic N) is 1. The van der Waals surface area contributed by atoms with Crippen molar-refractivity contribution in [2.45, 2.75) is 57.4 Å². The quantitative estimate of drug-likeness (QED) is 0.526. The lowest BCUT2D eigenvalue weighted by Crippen LogP contribution is -2.59. The third-order valence-electron chi connectivity index (χ3n) is 4.69. The zero-order valence-electron chi connectivity index (χ0n) is 15.9. The zero-order chi connectivity index (χ0) is 21.5. The van der Waals surface area contributed by atoms with Crippen molar-refractivity contribution in [3.8, 4) is 0 Å². The molecule has 1 atom stereocenters. The van der Waals surface area contributed by atoms with Crippen LogP contribution in [0.5, 0.6) is 0 Å². The van der Waals surface area contributed by atoms with E-state index in [0.29, 0.717) is 0 Å². The fourth-order valence-electron chi connectivity index (χ4n) is 3.30. The molecule has 158 valence electrons. The van der Waals surface area contributed by atoms with E-state index < -0.39 is 53.1 Å². The summed E-state index contributed by atoms with van der Waals surface area (Å²) in [5, 5.41) is 20.0. The number of alkyl halides is 3. The number of carbonyl (C=O) groups excluding carboxylic acids is 2. The molecule has 2 amide bonds. The number of nitrogens with one attached hydrogen (secondary N) is 2. The Hall–Kier alpha value is -2.30. The number of hydrogen-bond acceptors (Lipinski definition) is 6. The Morgan fingerprint density at radius 1 is 1.32 bits per heavy atom. The number of piperidine rings is 2. The average Bonchev–Trinajstić information content (AvgIpc) is 2.51. The van der Waals surface area contributed by atoms with Crippen molar-refractivity contribution in [2.24, 2.45) is 11.7 Å². The number of hydrogen-bond donors (Lipinski definition) is 4. The minimum atomic E-state index is -5.17. The predicted octanol–water partition coefficient (Wildman–Crippen LogP) is 1.64. The molecule has 0 aromatic carbocycles. The molecular formula is C17H25F3N4O4. The first kappa shape index (κ1) is 22.0. The van der Waals surface area contributed by atoms with Crippen molar-refractivity contribution in [3.63, 3.8) is 0 Å². The van der Waals surface area contributed by atoms with Crippen LogP contribution in [-0.2, 0) is 9.53 Å². The lowest BCUT2D eigenvalue weighted by atomic mass is 9.79. The summed E-state index contributed by atoms with van der Waals surface area (Å²) in [7, 11) is 0. The van der Waals surface area contributed by atoms with Gasteiger partial charge < -0.3 is 25.8 Å². The fraction of sp³-hybridized carbons (Fsp3) is 0.706. The maximum Gasteiger partial charge on any atom is 0.422 e. The van der Waals surface area contributed by atoms with E-state index in [1.165, 1.54) is 4.90 Å². The van der Waals surface area contributed by atoms with Crippen molar-refractivity contribution in [2.75, 3.05) is 13.1 Å². The fourth-order valence-corrected chi connectivity index (χ4v) is 3.30. The standard InChI is InChI=1S/C17H25F3N4O4/c1-15(2,3)28-14(26)24-6-4-9(5-7-24)12(21)11-13(22)23-10(25)8-16(11,27)17(18,19)20/h9,27H,4-8,21H2,1-3H3,(H2,22,23,25). The van der Waals surface area contributed by atoms with E-state index in [4.69, 9.17) is 15.9 Å². The molecule has 2 aliphatic heterocycles. The Morgan fingerprint density at radius 2 is 1.86 bits per heavy atom. The van der Waals surface area contributed by atoms with E-state index >= 15 is 0 Å². The second kappa shape index (κ2) is 7.26. The number of nitrogens with two attached hydrogens (primary N) is 1. The van der Waals surface area contributed by atoms with Gasteiger partial charge in [-0.2, -0.15) is 13.2 Å². The van der Waals surface area contributed by atoms with Crippen LogP contribution < -0.4 is 11.1 Å². The van der Waals surface area contributed by atoms with E-state index in [2.05, 4.69) is 0 Å². The van der Waals surface area contributed by atoms with Gasteiger partial charge in [0.05, 0.1) is 12.0 Å². The number of halogens is 3. The van der Waals surface area contributed by atoms with Gasteiger partial charge in [-0.15, -0.1) is 0 Å². The van der Waals surface area contributed by atoms with Crippen molar-refractivity contribution in [1.82, 2.24) is 10.2 Å². The molecular weight excluding hydrogens is 381 g/mol. The van der Waals surface area contributed by atoms with Gasteiger partial charge in [0, 0.05) is 24.7 Å². The van der Waals surface area contributed by atoms with E-state index in [1.807, 2.05) is 5.32 Å². The van der Waals surface area contributed by atoms with Crippen LogP contribution in [0.15, 0.2) is 11.3 Å². The number of ether oxygens (including phenoxy) is 1. The molecule has 2 rings (SSSR count). The summed E-state index contributed by atoms with van der Waals surface area (Å²) in [5.74, 6) is -2.55. The lowest BCUT2D eigenvalue weighted by Gasteiger charge is -2.39. The van der Waals surface area contributed by atoms with Crippen LogP contribution >= 0.6 is 0 Å². The molecule has 0 spiro atoms. The summed E-state index contributed by atoms with van der Waals surface area (Å²) in [6.07, 6.45) is -6.48. The Morgan fingerprint density at radius 3 is 2.32 bits per heavy atom. The van der Waals surface area contributed by atoms with Crippen molar-refractivity contribution in [1.29, 1.82) is 5.41 Å². The van der Waals surface area contributed by atoms with Crippen molar-refractivity contribution < 1.29 is 32.6 Å². The number of aliphatic hydroxyl groups is 1. The molecule has 2 aliphatic rings. The van der Waals surface area contributed by atoms with Crippen LogP contribution in [0.1, 0.15) is 40.0 Å². The second-order valence-corrected chi connectivity index (χ2v) is 8.03. The van der Waals surface area contributed by atoms with Crippen molar-refractivity contribution in [3.05, 3.63) is 11.3 Å². The summed E-state index contributed by atoms with van der Waals surface area (Å²) in [5.41, 5.74) is 0.638. The third-order valence-corrected chi connectivity index (χ3v) is 4.69. The smallest absolute Gasteiger partial charge is 0.422 e. The van der Waals surface area contributed by atoms with Gasteiger partial charge in [0.1, 0.15) is 11.4 Å². The van der Waals surface area contributed by atoms with Crippen LogP contribution in [0.4, 0.5) is 18.0 Å². The van der Waals surface area contributed by atoms with Crippen LogP contribution in [-0.4, -0.2) is 58.3 Å². The topological polar surface area (TPSA) is 129 Å². The highest BCUT2D eigenvalue weighted by Crippen LogP contribution is 2.43. The molecule has 2 heterocycles. The van der Waals surface area contributed by atoms with Crippen LogP contribution in [0, 0.1) is 11.3 Å². The molecule has 2 fully saturated rings. The van der Waals surface area contributed by atoms with Gasteiger partial charge in [-0.05, 0) is 33.6 Å². The maximum atomic E-state index is 13.5. The average molecular weight is 406 g/mol. The first-order valence-electron chi connectivity index (χ1n) is 8.81. The lowest BCUT2D eigenvalue weighted by molar-refractivity contribution is -0.244. The molecule has 5 N–H and O–H groups in total. The molecule has 0 aliphatic carbocycles. The molecule has 0 saturated carbocycles. The number of allylic oxidation sites excluding steroid dienone is 1. The molecule has 0 radical (unpaired) electrons. The third kappa shape index (κ3) is 4.40. The molecule has 11 heteroatoms. The molecule has 28 heavy (non-hydrogen) atoms. The van der Waals surface area contributed by atoms with Gasteiger partial charge in [-0.3, -0.25) is 10.2 Å². The van der Waals surface area contributed by atoms with Gasteiger partial charge in [0.2, 0.25) is 5.91 Å². The van der Waals surface area contributed by atoms with E-state index in [-0.39, 0.29) is 31.6 Å². The highest BCUT2D eigenvalue weighted by Gasteiger charge is 2.61. The molecule has 1 unspecified atom stereocenters. The number of rotatable bonds is 1. The summed E-state index contributed by atoms with van der Waals surface area (Å²) in [6, 6.07) is 0. The number of likely N-dealkylation sites (tertiary alicyclic amines) is 1. The summed E-state index contributed by atoms with van der Waals surface area (Å²) >= 11 is 0. The van der Waals surface area contributed by atoms with Gasteiger partial charge in [0.15, 0.2) is 5.60 Å². The highest BCUT2D eigenvalue weighted by atomic mass is 19.4. The van der Waals surface area contributed by atoms with E-state index in [0.717, 1.165) is 0 Å². The van der Waals surface area contributed by atoms with Gasteiger partial charge >= 0.3 is 12.3 Å². The molecule has 8 nitrogen and oxygen atoms in total. The summed E-state index contributed by atoms with van der Waals surface area (Å²) in [6.45, 7) is 5.58. The zero-order valence-corrected chi connectivity index (χ0v) is 15.9. The van der Waals surface area contributed by atoms with E-state index in [1.54, 1.807) is 20.8 Å². The van der Waals surface area contributed by atoms with Crippen LogP contribution in [0.25, 0.3) is 0 Å². The highest BCUT2D eigenvalue weighted by molar-refractivity contribution is 6.11. The minimum absolute atomic E-state index is 0.206. The normalized spacial score (nSPS) is 26.8. The Kier molecular flexibility index (Phi) is 5.71. The monoisotopic (exact) mass is 406 g/mol. The maximum absolute atomic E-state index is 13.5. The molecule has 0 aromatic heterocycles. The van der Waals surface area contributed by atoms with Crippen molar-refractivity contribution >= 4 is 17.8 Å². The summed E-state index contributed by atoms with van der Waals surface area (Å²) in [4.78, 5) is 25.0. The van der Waals surface area contributed by atoms with Crippen LogP contribution in [0.2, 0.25) is 0 Å². The Labute approximate surface area is 160 Å². The van der Waals surface area contributed by atoms with E-state index in [9.17, 15) is 27.9 Å². The van der Waals surface area contributed by atoms with Crippen LogP contribution in [0.3, 0.4) is 0 Å². The van der Waals surface area contributed by atoms with Gasteiger partial charge in [0.25, 0.3) is 0 Å². The molecule has 2 saturated heterocycles.